The fourth-order valence-corrected chi connectivity index (χ4v) is 2.51. The molecule has 0 bridgehead atoms. The van der Waals surface area contributed by atoms with E-state index in [0.717, 1.165) is 17.7 Å². The Morgan fingerprint density at radius 1 is 0.963 bits per heavy atom. The van der Waals surface area contributed by atoms with Crippen molar-refractivity contribution in [1.82, 2.24) is 9.97 Å². The van der Waals surface area contributed by atoms with Crippen molar-refractivity contribution in [3.8, 4) is 11.5 Å². The first kappa shape index (κ1) is 17.0. The molecule has 0 atom stereocenters. The van der Waals surface area contributed by atoms with Gasteiger partial charge in [-0.3, -0.25) is 0 Å². The third-order valence-electron chi connectivity index (χ3n) is 3.84. The van der Waals surface area contributed by atoms with Gasteiger partial charge in [0.2, 0.25) is 12.7 Å². The van der Waals surface area contributed by atoms with E-state index in [-0.39, 0.29) is 24.2 Å². The number of nitrogens with one attached hydrogen (secondary N) is 2. The van der Waals surface area contributed by atoms with Crippen LogP contribution in [0.3, 0.4) is 0 Å². The summed E-state index contributed by atoms with van der Waals surface area (Å²) < 4.78 is 50.7. The van der Waals surface area contributed by atoms with Gasteiger partial charge in [0.05, 0.1) is 5.69 Å². The van der Waals surface area contributed by atoms with E-state index in [9.17, 15) is 13.2 Å². The van der Waals surface area contributed by atoms with Crippen molar-refractivity contribution in [2.45, 2.75) is 6.54 Å². The molecule has 0 amide bonds. The van der Waals surface area contributed by atoms with Crippen LogP contribution < -0.4 is 20.1 Å². The number of halogens is 3. The summed E-state index contributed by atoms with van der Waals surface area (Å²) in [5, 5.41) is 5.63. The molecule has 0 aliphatic carbocycles. The minimum Gasteiger partial charge on any atom is -0.454 e. The van der Waals surface area contributed by atoms with Crippen LogP contribution in [0.1, 0.15) is 5.56 Å². The highest BCUT2D eigenvalue weighted by molar-refractivity contribution is 5.57. The fraction of sp³-hybridized carbons (Fsp3) is 0.111. The normalized spacial score (nSPS) is 12.1. The largest absolute Gasteiger partial charge is 0.454 e. The average Bonchev–Trinajstić information content (AvgIpc) is 3.15. The summed E-state index contributed by atoms with van der Waals surface area (Å²) in [6, 6.07) is 8.93. The van der Waals surface area contributed by atoms with E-state index in [1.165, 1.54) is 12.3 Å². The highest BCUT2D eigenvalue weighted by Crippen LogP contribution is 2.32. The molecule has 9 heteroatoms. The van der Waals surface area contributed by atoms with E-state index in [0.29, 0.717) is 18.0 Å². The van der Waals surface area contributed by atoms with Gasteiger partial charge in [-0.1, -0.05) is 6.07 Å². The molecule has 0 radical (unpaired) electrons. The van der Waals surface area contributed by atoms with Crippen molar-refractivity contribution in [1.29, 1.82) is 0 Å². The molecule has 1 aromatic heterocycles. The van der Waals surface area contributed by atoms with Crippen LogP contribution in [0, 0.1) is 17.5 Å². The Balaban J connectivity index is 1.46. The molecular formula is C18H13F3N4O2. The Kier molecular flexibility index (Phi) is 4.41. The number of benzene rings is 2. The second-order valence-electron chi connectivity index (χ2n) is 5.65. The molecule has 27 heavy (non-hydrogen) atoms. The van der Waals surface area contributed by atoms with Crippen molar-refractivity contribution in [3.63, 3.8) is 0 Å². The number of aromatic nitrogens is 2. The zero-order valence-corrected chi connectivity index (χ0v) is 13.8. The lowest BCUT2D eigenvalue weighted by Gasteiger charge is -2.10. The number of hydrogen-bond donors (Lipinski definition) is 2. The van der Waals surface area contributed by atoms with Crippen molar-refractivity contribution in [2.24, 2.45) is 0 Å². The van der Waals surface area contributed by atoms with Crippen LogP contribution in [0.15, 0.2) is 42.6 Å². The SMILES string of the molecule is Fc1ccc(Nc2ccnc(NCc3ccc4c(c3)OCO4)n2)c(F)c1F. The highest BCUT2D eigenvalue weighted by Gasteiger charge is 2.15. The molecule has 138 valence electrons. The van der Waals surface area contributed by atoms with Gasteiger partial charge in [0.25, 0.3) is 0 Å². The molecule has 0 fully saturated rings. The Labute approximate surface area is 152 Å². The maximum Gasteiger partial charge on any atom is 0.231 e. The Hall–Kier alpha value is -3.49. The van der Waals surface area contributed by atoms with Gasteiger partial charge in [0, 0.05) is 12.7 Å². The lowest BCUT2D eigenvalue weighted by Crippen LogP contribution is -2.06. The summed E-state index contributed by atoms with van der Waals surface area (Å²) in [5.41, 5.74) is 0.696. The Bertz CT molecular complexity index is 1000. The summed E-state index contributed by atoms with van der Waals surface area (Å²) >= 11 is 0. The predicted molar refractivity (Wildman–Crippen MR) is 91.5 cm³/mol. The molecule has 6 nitrogen and oxygen atoms in total. The smallest absolute Gasteiger partial charge is 0.231 e. The third-order valence-corrected chi connectivity index (χ3v) is 3.84. The number of fused-ring (bicyclic) bond motifs is 1. The quantitative estimate of drug-likeness (QED) is 0.659. The first-order chi connectivity index (χ1) is 13.1. The maximum atomic E-state index is 13.8. The van der Waals surface area contributed by atoms with E-state index in [1.54, 1.807) is 0 Å². The van der Waals surface area contributed by atoms with E-state index in [4.69, 9.17) is 9.47 Å². The monoisotopic (exact) mass is 374 g/mol. The third kappa shape index (κ3) is 3.57. The summed E-state index contributed by atoms with van der Waals surface area (Å²) in [4.78, 5) is 8.25. The molecule has 0 unspecified atom stereocenters. The molecule has 2 aromatic carbocycles. The first-order valence-corrected chi connectivity index (χ1v) is 7.96. The van der Waals surface area contributed by atoms with Crippen LogP contribution in [0.4, 0.5) is 30.6 Å². The van der Waals surface area contributed by atoms with Crippen LogP contribution in [0.25, 0.3) is 0 Å². The van der Waals surface area contributed by atoms with Crippen LogP contribution in [-0.2, 0) is 6.54 Å². The van der Waals surface area contributed by atoms with E-state index >= 15 is 0 Å². The molecule has 0 saturated heterocycles. The minimum atomic E-state index is -1.55. The second-order valence-corrected chi connectivity index (χ2v) is 5.65. The number of ether oxygens (including phenoxy) is 2. The first-order valence-electron chi connectivity index (χ1n) is 7.96. The van der Waals surface area contributed by atoms with Gasteiger partial charge < -0.3 is 20.1 Å². The Morgan fingerprint density at radius 2 is 1.81 bits per heavy atom. The average molecular weight is 374 g/mol. The number of anilines is 3. The number of hydrogen-bond acceptors (Lipinski definition) is 6. The fourth-order valence-electron chi connectivity index (χ4n) is 2.51. The molecule has 3 aromatic rings. The van der Waals surface area contributed by atoms with Crippen molar-refractivity contribution in [2.75, 3.05) is 17.4 Å². The predicted octanol–water partition coefficient (Wildman–Crippen LogP) is 3.98. The molecule has 0 spiro atoms. The lowest BCUT2D eigenvalue weighted by molar-refractivity contribution is 0.174. The summed E-state index contributed by atoms with van der Waals surface area (Å²) in [6.07, 6.45) is 1.45. The minimum absolute atomic E-state index is 0.198. The number of nitrogens with zero attached hydrogens (tertiary/aromatic N) is 2. The number of rotatable bonds is 5. The summed E-state index contributed by atoms with van der Waals surface area (Å²) in [6.45, 7) is 0.614. The summed E-state index contributed by atoms with van der Waals surface area (Å²) in [5.74, 6) is -2.26. The van der Waals surface area contributed by atoms with Crippen molar-refractivity contribution in [3.05, 3.63) is 65.6 Å². The standard InChI is InChI=1S/C18H13F3N4O2/c19-11-2-3-12(17(21)16(11)20)24-15-5-6-22-18(25-15)23-8-10-1-4-13-14(7-10)27-9-26-13/h1-7H,8-9H2,(H2,22,23,24,25). The second kappa shape index (κ2) is 7.02. The van der Waals surface area contributed by atoms with Crippen LogP contribution in [0.2, 0.25) is 0 Å². The van der Waals surface area contributed by atoms with Crippen molar-refractivity contribution >= 4 is 17.5 Å². The zero-order valence-electron chi connectivity index (χ0n) is 13.8. The lowest BCUT2D eigenvalue weighted by atomic mass is 10.2. The van der Waals surface area contributed by atoms with Crippen LogP contribution in [0.5, 0.6) is 11.5 Å². The van der Waals surface area contributed by atoms with Crippen LogP contribution >= 0.6 is 0 Å². The van der Waals surface area contributed by atoms with Gasteiger partial charge in [-0.15, -0.1) is 0 Å². The van der Waals surface area contributed by atoms with Gasteiger partial charge in [0.1, 0.15) is 5.82 Å². The molecular weight excluding hydrogens is 361 g/mol. The zero-order chi connectivity index (χ0) is 18.8. The van der Waals surface area contributed by atoms with Gasteiger partial charge >= 0.3 is 0 Å². The molecule has 4 rings (SSSR count). The molecule has 2 N–H and O–H groups in total. The van der Waals surface area contributed by atoms with Crippen molar-refractivity contribution < 1.29 is 22.6 Å². The maximum absolute atomic E-state index is 13.8. The van der Waals surface area contributed by atoms with Crippen LogP contribution in [-0.4, -0.2) is 16.8 Å². The molecule has 1 aliphatic heterocycles. The highest BCUT2D eigenvalue weighted by atomic mass is 19.2. The van der Waals surface area contributed by atoms with Gasteiger partial charge in [-0.05, 0) is 35.9 Å². The van der Waals surface area contributed by atoms with Gasteiger partial charge in [0.15, 0.2) is 29.0 Å². The van der Waals surface area contributed by atoms with Gasteiger partial charge in [-0.25, -0.2) is 18.2 Å². The molecule has 1 aliphatic rings. The molecule has 2 heterocycles. The van der Waals surface area contributed by atoms with E-state index in [2.05, 4.69) is 20.6 Å². The summed E-state index contributed by atoms with van der Waals surface area (Å²) in [7, 11) is 0. The topological polar surface area (TPSA) is 68.3 Å². The van der Waals surface area contributed by atoms with E-state index in [1.807, 2.05) is 18.2 Å². The Morgan fingerprint density at radius 3 is 2.70 bits per heavy atom. The van der Waals surface area contributed by atoms with E-state index < -0.39 is 17.5 Å². The van der Waals surface area contributed by atoms with Gasteiger partial charge in [-0.2, -0.15) is 4.98 Å². The molecule has 0 saturated carbocycles.